The number of ether oxygens (including phenoxy) is 1. The second-order valence-corrected chi connectivity index (χ2v) is 6.83. The van der Waals surface area contributed by atoms with Gasteiger partial charge in [-0.15, -0.1) is 5.11 Å². The zero-order valence-corrected chi connectivity index (χ0v) is 17.7. The van der Waals surface area contributed by atoms with Gasteiger partial charge in [-0.2, -0.15) is 5.11 Å². The van der Waals surface area contributed by atoms with Crippen LogP contribution in [0.1, 0.15) is 23.2 Å². The average molecular weight is 412 g/mol. The fourth-order valence-electron chi connectivity index (χ4n) is 2.60. The minimum absolute atomic E-state index is 0.111. The van der Waals surface area contributed by atoms with Crippen molar-refractivity contribution < 1.29 is 14.3 Å². The third-order valence-electron chi connectivity index (χ3n) is 4.27. The lowest BCUT2D eigenvalue weighted by molar-refractivity contribution is -0.120. The van der Waals surface area contributed by atoms with E-state index in [1.807, 2.05) is 43.3 Å². The number of nitrogens with one attached hydrogen (secondary N) is 2. The number of rotatable bonds is 11. The summed E-state index contributed by atoms with van der Waals surface area (Å²) in [7, 11) is 5.56. The fraction of sp³-hybridized carbons (Fsp3) is 0.364. The van der Waals surface area contributed by atoms with Crippen molar-refractivity contribution in [1.29, 1.82) is 0 Å². The van der Waals surface area contributed by atoms with Crippen LogP contribution in [0.4, 0.5) is 17.1 Å². The van der Waals surface area contributed by atoms with E-state index in [2.05, 4.69) is 20.9 Å². The molecule has 160 valence electrons. The topological polar surface area (TPSA) is 95.4 Å². The van der Waals surface area contributed by atoms with Crippen molar-refractivity contribution in [2.75, 3.05) is 45.8 Å². The highest BCUT2D eigenvalue weighted by atomic mass is 16.5. The predicted molar refractivity (Wildman–Crippen MR) is 118 cm³/mol. The first-order valence-electron chi connectivity index (χ1n) is 9.83. The smallest absolute Gasteiger partial charge is 0.253 e. The lowest BCUT2D eigenvalue weighted by Crippen LogP contribution is -2.31. The molecule has 0 atom stereocenters. The number of hydrogen-bond donors (Lipinski definition) is 2. The molecule has 0 saturated carbocycles. The summed E-state index contributed by atoms with van der Waals surface area (Å²) in [6.07, 6.45) is 0.964. The number of amides is 2. The zero-order valence-electron chi connectivity index (χ0n) is 17.7. The van der Waals surface area contributed by atoms with Gasteiger partial charge in [0.15, 0.2) is 0 Å². The van der Waals surface area contributed by atoms with Gasteiger partial charge in [0.1, 0.15) is 0 Å². The Bertz CT molecular complexity index is 850. The standard InChI is InChI=1S/C22H29N5O3/c1-27(2)18-11-9-17(10-12-18)25-26-20-8-5-4-7-19(20)22(29)24-15-13-21(28)23-14-6-16-30-3/h4-5,7-12H,6,13-16H2,1-3H3,(H,23,28)(H,24,29). The summed E-state index contributed by atoms with van der Waals surface area (Å²) in [6, 6.07) is 14.6. The second-order valence-electron chi connectivity index (χ2n) is 6.83. The summed E-state index contributed by atoms with van der Waals surface area (Å²) < 4.78 is 4.93. The molecule has 0 saturated heterocycles. The van der Waals surface area contributed by atoms with Gasteiger partial charge in [-0.05, 0) is 42.8 Å². The van der Waals surface area contributed by atoms with Gasteiger partial charge >= 0.3 is 0 Å². The molecule has 2 rings (SSSR count). The van der Waals surface area contributed by atoms with E-state index in [4.69, 9.17) is 4.74 Å². The third-order valence-corrected chi connectivity index (χ3v) is 4.27. The molecule has 0 radical (unpaired) electrons. The van der Waals surface area contributed by atoms with Crippen molar-refractivity contribution >= 4 is 28.9 Å². The molecule has 0 aliphatic rings. The Morgan fingerprint density at radius 2 is 1.70 bits per heavy atom. The molecule has 2 N–H and O–H groups in total. The van der Waals surface area contributed by atoms with Crippen LogP contribution >= 0.6 is 0 Å². The third kappa shape index (κ3) is 7.63. The number of nitrogens with zero attached hydrogens (tertiary/aromatic N) is 3. The van der Waals surface area contributed by atoms with Crippen molar-refractivity contribution in [3.05, 3.63) is 54.1 Å². The predicted octanol–water partition coefficient (Wildman–Crippen LogP) is 3.44. The Labute approximate surface area is 177 Å². The molecule has 0 spiro atoms. The SMILES string of the molecule is COCCCNC(=O)CCNC(=O)c1ccccc1N=Nc1ccc(N(C)C)cc1. The molecule has 8 nitrogen and oxygen atoms in total. The van der Waals surface area contributed by atoms with Crippen LogP contribution in [0.3, 0.4) is 0 Å². The minimum Gasteiger partial charge on any atom is -0.385 e. The van der Waals surface area contributed by atoms with Crippen LogP contribution in [0.5, 0.6) is 0 Å². The van der Waals surface area contributed by atoms with Crippen LogP contribution in [0.15, 0.2) is 58.8 Å². The summed E-state index contributed by atoms with van der Waals surface area (Å²) in [4.78, 5) is 26.3. The van der Waals surface area contributed by atoms with Crippen LogP contribution in [-0.4, -0.2) is 52.7 Å². The molecule has 2 aromatic rings. The highest BCUT2D eigenvalue weighted by molar-refractivity contribution is 5.99. The van der Waals surface area contributed by atoms with E-state index in [1.54, 1.807) is 31.4 Å². The minimum atomic E-state index is -0.292. The summed E-state index contributed by atoms with van der Waals surface area (Å²) in [5.41, 5.74) is 2.64. The number of benzene rings is 2. The van der Waals surface area contributed by atoms with Gasteiger partial charge in [-0.1, -0.05) is 12.1 Å². The average Bonchev–Trinajstić information content (AvgIpc) is 2.75. The molecular formula is C22H29N5O3. The van der Waals surface area contributed by atoms with Crippen molar-refractivity contribution in [1.82, 2.24) is 10.6 Å². The van der Waals surface area contributed by atoms with E-state index in [9.17, 15) is 9.59 Å². The van der Waals surface area contributed by atoms with Gasteiger partial charge < -0.3 is 20.3 Å². The zero-order chi connectivity index (χ0) is 21.8. The van der Waals surface area contributed by atoms with Gasteiger partial charge in [-0.3, -0.25) is 9.59 Å². The molecular weight excluding hydrogens is 382 g/mol. The summed E-state index contributed by atoms with van der Waals surface area (Å²) in [6.45, 7) is 1.40. The lowest BCUT2D eigenvalue weighted by Gasteiger charge is -2.11. The number of carbonyl (C=O) groups excluding carboxylic acids is 2. The monoisotopic (exact) mass is 411 g/mol. The highest BCUT2D eigenvalue weighted by Crippen LogP contribution is 2.23. The lowest BCUT2D eigenvalue weighted by atomic mass is 10.1. The first-order valence-corrected chi connectivity index (χ1v) is 9.83. The number of methoxy groups -OCH3 is 1. The molecule has 30 heavy (non-hydrogen) atoms. The number of hydrogen-bond acceptors (Lipinski definition) is 6. The van der Waals surface area contributed by atoms with Gasteiger partial charge in [-0.25, -0.2) is 0 Å². The van der Waals surface area contributed by atoms with Gasteiger partial charge in [0.25, 0.3) is 5.91 Å². The largest absolute Gasteiger partial charge is 0.385 e. The maximum absolute atomic E-state index is 12.5. The van der Waals surface area contributed by atoms with Gasteiger partial charge in [0, 0.05) is 53.0 Å². The maximum atomic E-state index is 12.5. The molecule has 2 amide bonds. The summed E-state index contributed by atoms with van der Waals surface area (Å²) in [5, 5.41) is 14.0. The molecule has 0 aromatic heterocycles. The quantitative estimate of drug-likeness (QED) is 0.437. The van der Waals surface area contributed by atoms with E-state index in [0.29, 0.717) is 30.1 Å². The Morgan fingerprint density at radius 1 is 0.967 bits per heavy atom. The van der Waals surface area contributed by atoms with E-state index >= 15 is 0 Å². The maximum Gasteiger partial charge on any atom is 0.253 e. The molecule has 8 heteroatoms. The van der Waals surface area contributed by atoms with Crippen molar-refractivity contribution in [2.45, 2.75) is 12.8 Å². The van der Waals surface area contributed by atoms with Crippen LogP contribution in [0.25, 0.3) is 0 Å². The van der Waals surface area contributed by atoms with Gasteiger partial charge in [0.2, 0.25) is 5.91 Å². The van der Waals surface area contributed by atoms with E-state index < -0.39 is 0 Å². The van der Waals surface area contributed by atoms with E-state index in [-0.39, 0.29) is 24.8 Å². The van der Waals surface area contributed by atoms with E-state index in [1.165, 1.54) is 0 Å². The number of carbonyl (C=O) groups is 2. The molecule has 0 aliphatic carbocycles. The van der Waals surface area contributed by atoms with Crippen LogP contribution < -0.4 is 15.5 Å². The van der Waals surface area contributed by atoms with Crippen LogP contribution in [0.2, 0.25) is 0 Å². The first-order chi connectivity index (χ1) is 14.5. The van der Waals surface area contributed by atoms with Crippen molar-refractivity contribution in [3.63, 3.8) is 0 Å². The van der Waals surface area contributed by atoms with Gasteiger partial charge in [0.05, 0.1) is 16.9 Å². The Balaban J connectivity index is 1.90. The van der Waals surface area contributed by atoms with Crippen LogP contribution in [0, 0.1) is 0 Å². The second kappa shape index (κ2) is 12.3. The normalized spacial score (nSPS) is 10.8. The van der Waals surface area contributed by atoms with Crippen molar-refractivity contribution in [2.24, 2.45) is 10.2 Å². The molecule has 0 fully saturated rings. The molecule has 0 bridgehead atoms. The van der Waals surface area contributed by atoms with E-state index in [0.717, 1.165) is 12.1 Å². The number of azo groups is 1. The summed E-state index contributed by atoms with van der Waals surface area (Å²) >= 11 is 0. The molecule has 0 aliphatic heterocycles. The Kier molecular flexibility index (Phi) is 9.47. The molecule has 0 unspecified atom stereocenters. The highest BCUT2D eigenvalue weighted by Gasteiger charge is 2.11. The fourth-order valence-corrected chi connectivity index (χ4v) is 2.60. The van der Waals surface area contributed by atoms with Crippen LogP contribution in [-0.2, 0) is 9.53 Å². The summed E-state index contributed by atoms with van der Waals surface area (Å²) in [5.74, 6) is -0.403. The molecule has 0 heterocycles. The van der Waals surface area contributed by atoms with Crippen molar-refractivity contribution in [3.8, 4) is 0 Å². The Hall–Kier alpha value is -3.26. The Morgan fingerprint density at radius 3 is 2.40 bits per heavy atom. The number of anilines is 1. The molecule has 2 aromatic carbocycles. The first kappa shape index (κ1) is 23.0.